The van der Waals surface area contributed by atoms with Crippen molar-refractivity contribution >= 4 is 22.8 Å². The van der Waals surface area contributed by atoms with E-state index in [2.05, 4.69) is 20.6 Å². The normalized spacial score (nSPS) is 10.9. The van der Waals surface area contributed by atoms with E-state index in [9.17, 15) is 14.0 Å². The van der Waals surface area contributed by atoms with Gasteiger partial charge in [0.25, 0.3) is 5.56 Å². The molecule has 1 N–H and O–H groups in total. The molecule has 0 aliphatic heterocycles. The van der Waals surface area contributed by atoms with Crippen LogP contribution in [0.5, 0.6) is 5.75 Å². The van der Waals surface area contributed by atoms with Gasteiger partial charge in [0.1, 0.15) is 24.4 Å². The molecule has 0 aliphatic carbocycles. The van der Waals surface area contributed by atoms with Gasteiger partial charge in [0, 0.05) is 5.69 Å². The van der Waals surface area contributed by atoms with E-state index in [0.717, 1.165) is 10.1 Å². The summed E-state index contributed by atoms with van der Waals surface area (Å²) in [7, 11) is 1.58. The number of halogens is 1. The van der Waals surface area contributed by atoms with Crippen molar-refractivity contribution in [1.29, 1.82) is 0 Å². The number of carbonyl (C=O) groups excluding carboxylic acids is 1. The Kier molecular flexibility index (Phi) is 5.44. The van der Waals surface area contributed by atoms with E-state index in [0.29, 0.717) is 29.2 Å². The number of benzene rings is 2. The molecule has 0 spiro atoms. The maximum Gasteiger partial charge on any atom is 0.283 e. The van der Waals surface area contributed by atoms with Gasteiger partial charge in [-0.25, -0.2) is 14.1 Å². The quantitative estimate of drug-likeness (QED) is 0.511. The molecule has 31 heavy (non-hydrogen) atoms. The summed E-state index contributed by atoms with van der Waals surface area (Å²) < 4.78 is 21.1. The lowest BCUT2D eigenvalue weighted by Gasteiger charge is -2.09. The van der Waals surface area contributed by atoms with Gasteiger partial charge in [-0.1, -0.05) is 17.3 Å². The molecule has 0 fully saturated rings. The summed E-state index contributed by atoms with van der Waals surface area (Å²) in [4.78, 5) is 29.4. The molecule has 2 aromatic heterocycles. The first kappa shape index (κ1) is 20.2. The molecular formula is C21H19FN6O3. The summed E-state index contributed by atoms with van der Waals surface area (Å²) in [5, 5.41) is 10.6. The number of hydrogen-bond acceptors (Lipinski definition) is 6. The largest absolute Gasteiger partial charge is 0.497 e. The van der Waals surface area contributed by atoms with Crippen molar-refractivity contribution in [2.45, 2.75) is 20.0 Å². The average molecular weight is 422 g/mol. The molecule has 0 radical (unpaired) electrons. The molecule has 158 valence electrons. The maximum absolute atomic E-state index is 13.2. The van der Waals surface area contributed by atoms with E-state index in [-0.39, 0.29) is 12.1 Å². The first-order valence-electron chi connectivity index (χ1n) is 9.42. The first-order chi connectivity index (χ1) is 14.9. The standard InChI is InChI=1S/C21H19FN6O3/c1-13-8-15(22)6-7-17(13)24-18(29)11-27-12-23-20-19(21(27)30)25-26-28(20)10-14-4-3-5-16(9-14)31-2/h3-9,12H,10-11H2,1-2H3,(H,24,29). The lowest BCUT2D eigenvalue weighted by Crippen LogP contribution is -2.28. The monoisotopic (exact) mass is 422 g/mol. The lowest BCUT2D eigenvalue weighted by atomic mass is 10.2. The number of nitrogens with zero attached hydrogens (tertiary/aromatic N) is 5. The minimum Gasteiger partial charge on any atom is -0.497 e. The summed E-state index contributed by atoms with van der Waals surface area (Å²) in [5.74, 6) is -0.125. The van der Waals surface area contributed by atoms with Crippen LogP contribution in [0.1, 0.15) is 11.1 Å². The molecule has 0 saturated carbocycles. The number of hydrogen-bond donors (Lipinski definition) is 1. The number of amides is 1. The van der Waals surface area contributed by atoms with E-state index in [1.165, 1.54) is 29.2 Å². The number of carbonyl (C=O) groups is 1. The molecule has 0 atom stereocenters. The fraction of sp³-hybridized carbons (Fsp3) is 0.190. The van der Waals surface area contributed by atoms with E-state index in [1.54, 1.807) is 14.0 Å². The van der Waals surface area contributed by atoms with Crippen LogP contribution in [0.3, 0.4) is 0 Å². The highest BCUT2D eigenvalue weighted by atomic mass is 19.1. The number of ether oxygens (including phenoxy) is 1. The molecular weight excluding hydrogens is 403 g/mol. The van der Waals surface area contributed by atoms with Crippen LogP contribution in [0.2, 0.25) is 0 Å². The van der Waals surface area contributed by atoms with Gasteiger partial charge in [0.15, 0.2) is 11.2 Å². The molecule has 4 rings (SSSR count). The highest BCUT2D eigenvalue weighted by Gasteiger charge is 2.15. The highest BCUT2D eigenvalue weighted by Crippen LogP contribution is 2.16. The Balaban J connectivity index is 1.54. The van der Waals surface area contributed by atoms with Crippen molar-refractivity contribution in [3.63, 3.8) is 0 Å². The van der Waals surface area contributed by atoms with Gasteiger partial charge in [0.05, 0.1) is 13.7 Å². The van der Waals surface area contributed by atoms with Crippen molar-refractivity contribution in [3.8, 4) is 5.75 Å². The second-order valence-corrected chi connectivity index (χ2v) is 6.96. The minimum absolute atomic E-state index is 0.0659. The first-order valence-corrected chi connectivity index (χ1v) is 9.42. The summed E-state index contributed by atoms with van der Waals surface area (Å²) in [6.07, 6.45) is 1.28. The Morgan fingerprint density at radius 1 is 1.23 bits per heavy atom. The minimum atomic E-state index is -0.479. The van der Waals surface area contributed by atoms with Crippen LogP contribution in [-0.4, -0.2) is 37.6 Å². The average Bonchev–Trinajstić information content (AvgIpc) is 3.16. The Bertz CT molecular complexity index is 1330. The van der Waals surface area contributed by atoms with Crippen molar-refractivity contribution < 1.29 is 13.9 Å². The second-order valence-electron chi connectivity index (χ2n) is 6.96. The maximum atomic E-state index is 13.2. The third kappa shape index (κ3) is 4.27. The fourth-order valence-electron chi connectivity index (χ4n) is 3.16. The van der Waals surface area contributed by atoms with E-state index in [1.807, 2.05) is 24.3 Å². The van der Waals surface area contributed by atoms with Crippen LogP contribution < -0.4 is 15.6 Å². The Labute approximate surface area is 176 Å². The topological polar surface area (TPSA) is 104 Å². The van der Waals surface area contributed by atoms with E-state index in [4.69, 9.17) is 4.74 Å². The zero-order chi connectivity index (χ0) is 22.0. The molecule has 10 heteroatoms. The van der Waals surface area contributed by atoms with Crippen LogP contribution in [-0.2, 0) is 17.9 Å². The molecule has 0 unspecified atom stereocenters. The van der Waals surface area contributed by atoms with Crippen LogP contribution in [0, 0.1) is 12.7 Å². The van der Waals surface area contributed by atoms with Crippen LogP contribution in [0.4, 0.5) is 10.1 Å². The fourth-order valence-corrected chi connectivity index (χ4v) is 3.16. The molecule has 0 saturated heterocycles. The van der Waals surface area contributed by atoms with Crippen molar-refractivity contribution in [2.24, 2.45) is 0 Å². The Morgan fingerprint density at radius 3 is 2.84 bits per heavy atom. The number of nitrogens with one attached hydrogen (secondary N) is 1. The third-order valence-corrected chi connectivity index (χ3v) is 4.73. The van der Waals surface area contributed by atoms with E-state index < -0.39 is 17.3 Å². The Morgan fingerprint density at radius 2 is 2.06 bits per heavy atom. The third-order valence-electron chi connectivity index (χ3n) is 4.73. The number of aryl methyl sites for hydroxylation is 1. The SMILES string of the molecule is COc1cccc(Cn2nnc3c(=O)n(CC(=O)Nc4ccc(F)cc4C)cnc32)c1. The Hall–Kier alpha value is -4.08. The summed E-state index contributed by atoms with van der Waals surface area (Å²) >= 11 is 0. The predicted octanol–water partition coefficient (Wildman–Crippen LogP) is 2.13. The number of anilines is 1. The molecule has 1 amide bonds. The van der Waals surface area contributed by atoms with Crippen LogP contribution in [0.25, 0.3) is 11.2 Å². The molecule has 0 bridgehead atoms. The van der Waals surface area contributed by atoms with Crippen LogP contribution >= 0.6 is 0 Å². The van der Waals surface area contributed by atoms with Gasteiger partial charge in [0.2, 0.25) is 5.91 Å². The summed E-state index contributed by atoms with van der Waals surface area (Å²) in [6, 6.07) is 11.5. The zero-order valence-corrected chi connectivity index (χ0v) is 16.9. The lowest BCUT2D eigenvalue weighted by molar-refractivity contribution is -0.116. The van der Waals surface area contributed by atoms with Gasteiger partial charge in [-0.15, -0.1) is 5.10 Å². The van der Waals surface area contributed by atoms with Crippen molar-refractivity contribution in [2.75, 3.05) is 12.4 Å². The molecule has 2 heterocycles. The van der Waals surface area contributed by atoms with Crippen LogP contribution in [0.15, 0.2) is 53.6 Å². The summed E-state index contributed by atoms with van der Waals surface area (Å²) in [5.41, 5.74) is 1.86. The number of fused-ring (bicyclic) bond motifs is 1. The summed E-state index contributed by atoms with van der Waals surface area (Å²) in [6.45, 7) is 1.77. The molecule has 4 aromatic rings. The second kappa shape index (κ2) is 8.34. The number of rotatable bonds is 6. The number of aromatic nitrogens is 5. The molecule has 9 nitrogen and oxygen atoms in total. The van der Waals surface area contributed by atoms with Gasteiger partial charge >= 0.3 is 0 Å². The highest BCUT2D eigenvalue weighted by molar-refractivity contribution is 5.91. The van der Waals surface area contributed by atoms with E-state index >= 15 is 0 Å². The van der Waals surface area contributed by atoms with Gasteiger partial charge in [-0.3, -0.25) is 14.2 Å². The van der Waals surface area contributed by atoms with Crippen molar-refractivity contribution in [1.82, 2.24) is 24.5 Å². The zero-order valence-electron chi connectivity index (χ0n) is 16.9. The smallest absolute Gasteiger partial charge is 0.283 e. The molecule has 2 aromatic carbocycles. The van der Waals surface area contributed by atoms with Gasteiger partial charge in [-0.05, 0) is 48.4 Å². The predicted molar refractivity (Wildman–Crippen MR) is 111 cm³/mol. The molecule has 0 aliphatic rings. The van der Waals surface area contributed by atoms with Crippen molar-refractivity contribution in [3.05, 3.63) is 76.1 Å². The van der Waals surface area contributed by atoms with Gasteiger partial charge in [-0.2, -0.15) is 0 Å². The number of methoxy groups -OCH3 is 1. The van der Waals surface area contributed by atoms with Gasteiger partial charge < -0.3 is 10.1 Å².